The van der Waals surface area contributed by atoms with E-state index in [4.69, 9.17) is 5.73 Å². The van der Waals surface area contributed by atoms with Crippen LogP contribution in [0.5, 0.6) is 11.5 Å². The zero-order chi connectivity index (χ0) is 10.0. The van der Waals surface area contributed by atoms with Crippen molar-refractivity contribution >= 4 is 5.91 Å². The van der Waals surface area contributed by atoms with E-state index < -0.39 is 17.5 Å². The van der Waals surface area contributed by atoms with Crippen molar-refractivity contribution < 1.29 is 19.0 Å². The van der Waals surface area contributed by atoms with Gasteiger partial charge in [-0.3, -0.25) is 4.79 Å². The van der Waals surface area contributed by atoms with Crippen LogP contribution in [0.3, 0.4) is 0 Å². The van der Waals surface area contributed by atoms with Gasteiger partial charge in [0.1, 0.15) is 0 Å². The Morgan fingerprint density at radius 2 is 2.23 bits per heavy atom. The fraction of sp³-hybridized carbons (Fsp3) is 0.125. The maximum atomic E-state index is 12.9. The second-order valence-corrected chi connectivity index (χ2v) is 2.34. The molecule has 3 N–H and O–H groups in total. The Labute approximate surface area is 73.7 Å². The van der Waals surface area contributed by atoms with Crippen LogP contribution < -0.4 is 10.5 Å². The molecular formula is C8H8FNO3. The van der Waals surface area contributed by atoms with Crippen LogP contribution in [0.15, 0.2) is 12.1 Å². The number of nitrogens with two attached hydrogens (primary N) is 1. The van der Waals surface area contributed by atoms with Crippen molar-refractivity contribution in [2.75, 3.05) is 7.11 Å². The van der Waals surface area contributed by atoms with Crippen molar-refractivity contribution in [1.82, 2.24) is 0 Å². The van der Waals surface area contributed by atoms with E-state index in [0.717, 1.165) is 12.1 Å². The van der Waals surface area contributed by atoms with E-state index in [1.807, 2.05) is 0 Å². The number of methoxy groups -OCH3 is 1. The summed E-state index contributed by atoms with van der Waals surface area (Å²) in [6.45, 7) is 0. The Bertz CT molecular complexity index is 351. The molecule has 0 heterocycles. The molecule has 0 aliphatic rings. The second kappa shape index (κ2) is 3.30. The van der Waals surface area contributed by atoms with Gasteiger partial charge in [-0.2, -0.15) is 0 Å². The summed E-state index contributed by atoms with van der Waals surface area (Å²) in [6.07, 6.45) is 0. The summed E-state index contributed by atoms with van der Waals surface area (Å²) < 4.78 is 17.4. The SMILES string of the molecule is COc1c(F)ccc(C(N)=O)c1O. The summed E-state index contributed by atoms with van der Waals surface area (Å²) in [5.74, 6) is -2.54. The highest BCUT2D eigenvalue weighted by molar-refractivity contribution is 5.96. The Balaban J connectivity index is 3.35. The van der Waals surface area contributed by atoms with Crippen molar-refractivity contribution in [1.29, 1.82) is 0 Å². The molecule has 70 valence electrons. The normalized spacial score (nSPS) is 9.69. The van der Waals surface area contributed by atoms with Crippen LogP contribution >= 0.6 is 0 Å². The topological polar surface area (TPSA) is 72.5 Å². The minimum Gasteiger partial charge on any atom is -0.504 e. The first-order chi connectivity index (χ1) is 6.07. The summed E-state index contributed by atoms with van der Waals surface area (Å²) in [4.78, 5) is 10.7. The molecule has 4 nitrogen and oxygen atoms in total. The molecule has 0 unspecified atom stereocenters. The number of phenols is 1. The van der Waals surface area contributed by atoms with Gasteiger partial charge in [0.05, 0.1) is 12.7 Å². The number of hydrogen-bond acceptors (Lipinski definition) is 3. The van der Waals surface area contributed by atoms with Gasteiger partial charge >= 0.3 is 0 Å². The molecule has 0 aliphatic heterocycles. The third-order valence-electron chi connectivity index (χ3n) is 1.55. The van der Waals surface area contributed by atoms with Gasteiger partial charge < -0.3 is 15.6 Å². The van der Waals surface area contributed by atoms with Gasteiger partial charge in [0.15, 0.2) is 17.3 Å². The molecule has 0 aliphatic carbocycles. The maximum absolute atomic E-state index is 12.9. The Hall–Kier alpha value is -1.78. The van der Waals surface area contributed by atoms with Crippen molar-refractivity contribution in [2.24, 2.45) is 5.73 Å². The van der Waals surface area contributed by atoms with Gasteiger partial charge in [-0.1, -0.05) is 0 Å². The van der Waals surface area contributed by atoms with Crippen molar-refractivity contribution in [3.63, 3.8) is 0 Å². The van der Waals surface area contributed by atoms with Gasteiger partial charge in [-0.25, -0.2) is 4.39 Å². The molecule has 0 fully saturated rings. The van der Waals surface area contributed by atoms with Gasteiger partial charge in [0, 0.05) is 0 Å². The molecule has 0 radical (unpaired) electrons. The average molecular weight is 185 g/mol. The summed E-state index contributed by atoms with van der Waals surface area (Å²) >= 11 is 0. The van der Waals surface area contributed by atoms with E-state index in [2.05, 4.69) is 4.74 Å². The molecule has 5 heteroatoms. The quantitative estimate of drug-likeness (QED) is 0.710. The molecule has 1 rings (SSSR count). The van der Waals surface area contributed by atoms with E-state index in [1.54, 1.807) is 0 Å². The number of ether oxygens (including phenoxy) is 1. The highest BCUT2D eigenvalue weighted by Gasteiger charge is 2.16. The monoisotopic (exact) mass is 185 g/mol. The van der Waals surface area contributed by atoms with Crippen LogP contribution in [0.25, 0.3) is 0 Å². The van der Waals surface area contributed by atoms with Crippen LogP contribution in [0, 0.1) is 5.82 Å². The van der Waals surface area contributed by atoms with E-state index >= 15 is 0 Å². The zero-order valence-corrected chi connectivity index (χ0v) is 6.87. The summed E-state index contributed by atoms with van der Waals surface area (Å²) in [7, 11) is 1.18. The molecule has 1 amide bonds. The van der Waals surface area contributed by atoms with Crippen molar-refractivity contribution in [3.05, 3.63) is 23.5 Å². The fourth-order valence-electron chi connectivity index (χ4n) is 0.940. The predicted molar refractivity (Wildman–Crippen MR) is 43.1 cm³/mol. The Kier molecular flexibility index (Phi) is 2.36. The minimum atomic E-state index is -0.837. The van der Waals surface area contributed by atoms with E-state index in [1.165, 1.54) is 7.11 Å². The van der Waals surface area contributed by atoms with E-state index in [-0.39, 0.29) is 11.3 Å². The molecule has 0 saturated carbocycles. The third-order valence-corrected chi connectivity index (χ3v) is 1.55. The lowest BCUT2D eigenvalue weighted by molar-refractivity contribution is 0.0997. The number of hydrogen-bond donors (Lipinski definition) is 2. The number of rotatable bonds is 2. The summed E-state index contributed by atoms with van der Waals surface area (Å²) in [5, 5.41) is 9.27. The zero-order valence-electron chi connectivity index (χ0n) is 6.87. The molecule has 0 spiro atoms. The van der Waals surface area contributed by atoms with Crippen LogP contribution in [0.2, 0.25) is 0 Å². The number of carbonyl (C=O) groups excluding carboxylic acids is 1. The fourth-order valence-corrected chi connectivity index (χ4v) is 0.940. The first-order valence-electron chi connectivity index (χ1n) is 3.43. The highest BCUT2D eigenvalue weighted by Crippen LogP contribution is 2.31. The first kappa shape index (κ1) is 9.31. The molecule has 0 bridgehead atoms. The van der Waals surface area contributed by atoms with Crippen LogP contribution in [0.1, 0.15) is 10.4 Å². The lowest BCUT2D eigenvalue weighted by Gasteiger charge is -2.06. The molecule has 1 aromatic carbocycles. The average Bonchev–Trinajstić information content (AvgIpc) is 2.04. The van der Waals surface area contributed by atoms with E-state index in [0.29, 0.717) is 0 Å². The van der Waals surface area contributed by atoms with E-state index in [9.17, 15) is 14.3 Å². The largest absolute Gasteiger partial charge is 0.504 e. The lowest BCUT2D eigenvalue weighted by Crippen LogP contribution is -2.11. The van der Waals surface area contributed by atoms with Crippen LogP contribution in [-0.2, 0) is 0 Å². The Morgan fingerprint density at radius 1 is 1.62 bits per heavy atom. The third kappa shape index (κ3) is 1.53. The van der Waals surface area contributed by atoms with Gasteiger partial charge in [0.2, 0.25) is 0 Å². The van der Waals surface area contributed by atoms with Gasteiger partial charge in [0.25, 0.3) is 5.91 Å². The van der Waals surface area contributed by atoms with Gasteiger partial charge in [-0.15, -0.1) is 0 Å². The highest BCUT2D eigenvalue weighted by atomic mass is 19.1. The first-order valence-corrected chi connectivity index (χ1v) is 3.43. The van der Waals surface area contributed by atoms with Gasteiger partial charge in [-0.05, 0) is 12.1 Å². The van der Waals surface area contributed by atoms with Crippen molar-refractivity contribution in [2.45, 2.75) is 0 Å². The summed E-state index contributed by atoms with van der Waals surface area (Å²) in [6, 6.07) is 2.09. The molecule has 1 aromatic rings. The number of carbonyl (C=O) groups is 1. The predicted octanol–water partition coefficient (Wildman–Crippen LogP) is 0.639. The number of primary amides is 1. The number of benzene rings is 1. The minimum absolute atomic E-state index is 0.168. The standard InChI is InChI=1S/C8H8FNO3/c1-13-7-5(9)3-2-4(6(7)11)8(10)12/h2-3,11H,1H3,(H2,10,12). The number of amides is 1. The maximum Gasteiger partial charge on any atom is 0.252 e. The Morgan fingerprint density at radius 3 is 2.69 bits per heavy atom. The lowest BCUT2D eigenvalue weighted by atomic mass is 10.1. The number of halogens is 1. The molecule has 0 saturated heterocycles. The summed E-state index contributed by atoms with van der Waals surface area (Å²) in [5.41, 5.74) is 4.74. The second-order valence-electron chi connectivity index (χ2n) is 2.34. The molecular weight excluding hydrogens is 177 g/mol. The smallest absolute Gasteiger partial charge is 0.252 e. The van der Waals surface area contributed by atoms with Crippen LogP contribution in [-0.4, -0.2) is 18.1 Å². The molecule has 0 atom stereocenters. The molecule has 0 aromatic heterocycles. The molecule has 13 heavy (non-hydrogen) atoms. The van der Waals surface area contributed by atoms with Crippen LogP contribution in [0.4, 0.5) is 4.39 Å². The number of aromatic hydroxyl groups is 1. The van der Waals surface area contributed by atoms with Crippen molar-refractivity contribution in [3.8, 4) is 11.5 Å².